The fourth-order valence-corrected chi connectivity index (χ4v) is 4.39. The molecular weight excluding hydrogens is 360 g/mol. The minimum Gasteiger partial charge on any atom is -0.444 e. The SMILES string of the molecule is Clc1ccc(-c2nc(CSC3=Nc4ccccc4CS3)co2)cc1. The summed E-state index contributed by atoms with van der Waals surface area (Å²) in [4.78, 5) is 9.25. The maximum Gasteiger partial charge on any atom is 0.226 e. The maximum atomic E-state index is 5.91. The van der Waals surface area contributed by atoms with E-state index in [9.17, 15) is 0 Å². The van der Waals surface area contributed by atoms with E-state index < -0.39 is 0 Å². The highest BCUT2D eigenvalue weighted by Gasteiger charge is 2.14. The maximum absolute atomic E-state index is 5.91. The number of hydrogen-bond donors (Lipinski definition) is 0. The first-order valence-corrected chi connectivity index (χ1v) is 9.75. The van der Waals surface area contributed by atoms with Crippen LogP contribution in [-0.4, -0.2) is 9.36 Å². The van der Waals surface area contributed by atoms with E-state index in [0.29, 0.717) is 10.9 Å². The molecular formula is C18H13ClN2OS2. The van der Waals surface area contributed by atoms with Crippen molar-refractivity contribution in [1.29, 1.82) is 0 Å². The summed E-state index contributed by atoms with van der Waals surface area (Å²) in [5.74, 6) is 2.33. The third-order valence-corrected chi connectivity index (χ3v) is 6.07. The third-order valence-electron chi connectivity index (χ3n) is 3.54. The van der Waals surface area contributed by atoms with Crippen LogP contribution >= 0.6 is 35.1 Å². The predicted octanol–water partition coefficient (Wildman–Crippen LogP) is 6.16. The van der Waals surface area contributed by atoms with Gasteiger partial charge in [-0.05, 0) is 35.9 Å². The van der Waals surface area contributed by atoms with Crippen LogP contribution < -0.4 is 0 Å². The summed E-state index contributed by atoms with van der Waals surface area (Å²) in [6, 6.07) is 15.7. The number of aromatic nitrogens is 1. The molecule has 0 saturated carbocycles. The molecule has 4 rings (SSSR count). The molecule has 0 unspecified atom stereocenters. The number of rotatable bonds is 3. The summed E-state index contributed by atoms with van der Waals surface area (Å²) in [6.45, 7) is 0. The zero-order valence-corrected chi connectivity index (χ0v) is 15.0. The van der Waals surface area contributed by atoms with Gasteiger partial charge in [0.2, 0.25) is 5.89 Å². The minimum atomic E-state index is 0.617. The van der Waals surface area contributed by atoms with E-state index in [1.165, 1.54) is 5.56 Å². The van der Waals surface area contributed by atoms with Crippen molar-refractivity contribution >= 4 is 45.2 Å². The number of halogens is 1. The Labute approximate surface area is 153 Å². The van der Waals surface area contributed by atoms with E-state index in [2.05, 4.69) is 23.2 Å². The largest absolute Gasteiger partial charge is 0.444 e. The summed E-state index contributed by atoms with van der Waals surface area (Å²) < 4.78 is 6.65. The van der Waals surface area contributed by atoms with Gasteiger partial charge in [-0.1, -0.05) is 53.3 Å². The van der Waals surface area contributed by atoms with E-state index in [1.54, 1.807) is 29.8 Å². The lowest BCUT2D eigenvalue weighted by Crippen LogP contribution is -1.96. The second kappa shape index (κ2) is 7.05. The first kappa shape index (κ1) is 15.8. The number of aliphatic imine (C=N–C) groups is 1. The second-order valence-corrected chi connectivity index (χ2v) is 7.86. The Bertz CT molecular complexity index is 890. The molecule has 0 saturated heterocycles. The summed E-state index contributed by atoms with van der Waals surface area (Å²) >= 11 is 9.37. The minimum absolute atomic E-state index is 0.617. The lowest BCUT2D eigenvalue weighted by atomic mass is 10.2. The molecule has 3 aromatic rings. The van der Waals surface area contributed by atoms with Crippen LogP contribution in [0.25, 0.3) is 11.5 Å². The van der Waals surface area contributed by atoms with Gasteiger partial charge in [-0.3, -0.25) is 0 Å². The Morgan fingerprint density at radius 2 is 1.96 bits per heavy atom. The van der Waals surface area contributed by atoms with E-state index in [-0.39, 0.29) is 0 Å². The van der Waals surface area contributed by atoms with E-state index in [1.807, 2.05) is 30.3 Å². The smallest absolute Gasteiger partial charge is 0.226 e. The van der Waals surface area contributed by atoms with E-state index in [0.717, 1.165) is 32.8 Å². The van der Waals surface area contributed by atoms with Crippen LogP contribution in [0, 0.1) is 0 Å². The first-order chi connectivity index (χ1) is 11.8. The van der Waals surface area contributed by atoms with Gasteiger partial charge in [-0.2, -0.15) is 0 Å². The molecule has 1 aromatic heterocycles. The predicted molar refractivity (Wildman–Crippen MR) is 103 cm³/mol. The fraction of sp³-hybridized carbons (Fsp3) is 0.111. The molecule has 0 radical (unpaired) electrons. The molecule has 1 aliphatic heterocycles. The van der Waals surface area contributed by atoms with Gasteiger partial charge in [0.1, 0.15) is 10.6 Å². The second-order valence-electron chi connectivity index (χ2n) is 5.23. The van der Waals surface area contributed by atoms with Crippen molar-refractivity contribution in [3.05, 3.63) is 71.1 Å². The Morgan fingerprint density at radius 3 is 2.83 bits per heavy atom. The highest BCUT2D eigenvalue weighted by Crippen LogP contribution is 2.35. The van der Waals surface area contributed by atoms with Gasteiger partial charge in [0.25, 0.3) is 0 Å². The number of hydrogen-bond acceptors (Lipinski definition) is 5. The van der Waals surface area contributed by atoms with Crippen molar-refractivity contribution in [3.63, 3.8) is 0 Å². The number of benzene rings is 2. The van der Waals surface area contributed by atoms with Gasteiger partial charge in [-0.15, -0.1) is 0 Å². The molecule has 2 heterocycles. The molecule has 6 heteroatoms. The summed E-state index contributed by atoms with van der Waals surface area (Å²) in [7, 11) is 0. The molecule has 0 spiro atoms. The van der Waals surface area contributed by atoms with Crippen LogP contribution in [0.1, 0.15) is 11.3 Å². The van der Waals surface area contributed by atoms with Gasteiger partial charge in [0.05, 0.1) is 11.4 Å². The molecule has 3 nitrogen and oxygen atoms in total. The Kier molecular flexibility index (Phi) is 4.65. The normalized spacial score (nSPS) is 13.5. The fourth-order valence-electron chi connectivity index (χ4n) is 2.32. The van der Waals surface area contributed by atoms with Gasteiger partial charge in [-0.25, -0.2) is 9.98 Å². The first-order valence-electron chi connectivity index (χ1n) is 7.40. The molecule has 0 fully saturated rings. The van der Waals surface area contributed by atoms with Crippen molar-refractivity contribution in [2.75, 3.05) is 0 Å². The standard InChI is InChI=1S/C18H13ClN2OS2/c19-14-7-5-12(6-8-14)17-20-15(9-22-17)11-24-18-21-16-4-2-1-3-13(16)10-23-18/h1-9H,10-11H2. The van der Waals surface area contributed by atoms with E-state index >= 15 is 0 Å². The third kappa shape index (κ3) is 3.53. The molecule has 0 bridgehead atoms. The summed E-state index contributed by atoms with van der Waals surface area (Å²) in [5, 5.41) is 0.703. The van der Waals surface area contributed by atoms with Crippen LogP contribution in [0.3, 0.4) is 0 Å². The number of fused-ring (bicyclic) bond motifs is 1. The number of thioether (sulfide) groups is 2. The lowest BCUT2D eigenvalue weighted by molar-refractivity contribution is 0.573. The monoisotopic (exact) mass is 372 g/mol. The van der Waals surface area contributed by atoms with Gasteiger partial charge >= 0.3 is 0 Å². The van der Waals surface area contributed by atoms with Crippen molar-refractivity contribution in [1.82, 2.24) is 4.98 Å². The molecule has 0 aliphatic carbocycles. The molecule has 0 N–H and O–H groups in total. The van der Waals surface area contributed by atoms with Crippen LogP contribution in [0.2, 0.25) is 5.02 Å². The number of para-hydroxylation sites is 1. The van der Waals surface area contributed by atoms with Crippen LogP contribution in [-0.2, 0) is 11.5 Å². The molecule has 120 valence electrons. The Morgan fingerprint density at radius 1 is 1.12 bits per heavy atom. The van der Waals surface area contributed by atoms with Gasteiger partial charge in [0, 0.05) is 22.1 Å². The average molecular weight is 373 g/mol. The van der Waals surface area contributed by atoms with Gasteiger partial charge < -0.3 is 4.42 Å². The zero-order chi connectivity index (χ0) is 16.4. The molecule has 24 heavy (non-hydrogen) atoms. The Balaban J connectivity index is 1.44. The molecule has 1 aliphatic rings. The van der Waals surface area contributed by atoms with Crippen LogP contribution in [0.4, 0.5) is 5.69 Å². The summed E-state index contributed by atoms with van der Waals surface area (Å²) in [6.07, 6.45) is 1.71. The quantitative estimate of drug-likeness (QED) is 0.551. The zero-order valence-electron chi connectivity index (χ0n) is 12.6. The number of oxazole rings is 1. The summed E-state index contributed by atoms with van der Waals surface area (Å²) in [5.41, 5.74) is 4.19. The van der Waals surface area contributed by atoms with Crippen molar-refractivity contribution in [3.8, 4) is 11.5 Å². The Hall–Kier alpha value is -1.69. The number of nitrogens with zero attached hydrogens (tertiary/aromatic N) is 2. The van der Waals surface area contributed by atoms with Crippen molar-refractivity contribution < 1.29 is 4.42 Å². The van der Waals surface area contributed by atoms with Gasteiger partial charge in [0.15, 0.2) is 0 Å². The van der Waals surface area contributed by atoms with Crippen LogP contribution in [0.5, 0.6) is 0 Å². The lowest BCUT2D eigenvalue weighted by Gasteiger charge is -2.13. The highest BCUT2D eigenvalue weighted by atomic mass is 35.5. The molecule has 0 amide bonds. The van der Waals surface area contributed by atoms with Crippen molar-refractivity contribution in [2.24, 2.45) is 4.99 Å². The van der Waals surface area contributed by atoms with Crippen molar-refractivity contribution in [2.45, 2.75) is 11.5 Å². The molecule has 2 aromatic carbocycles. The topological polar surface area (TPSA) is 38.4 Å². The molecule has 0 atom stereocenters. The van der Waals surface area contributed by atoms with Crippen LogP contribution in [0.15, 0.2) is 64.2 Å². The highest BCUT2D eigenvalue weighted by molar-refractivity contribution is 8.38. The van der Waals surface area contributed by atoms with E-state index in [4.69, 9.17) is 21.0 Å². The average Bonchev–Trinajstić information content (AvgIpc) is 3.09.